The molecule has 0 aliphatic carbocycles. The zero-order valence-electron chi connectivity index (χ0n) is 9.03. The van der Waals surface area contributed by atoms with E-state index in [-0.39, 0.29) is 12.2 Å². The molecule has 0 aliphatic rings. The van der Waals surface area contributed by atoms with Crippen LogP contribution in [0.25, 0.3) is 0 Å². The number of carbonyl (C=O) groups is 2. The second kappa shape index (κ2) is 6.43. The molecule has 0 unspecified atom stereocenters. The number of esters is 1. The van der Waals surface area contributed by atoms with E-state index >= 15 is 0 Å². The molecule has 0 aliphatic heterocycles. The van der Waals surface area contributed by atoms with Crippen molar-refractivity contribution in [2.24, 2.45) is 0 Å². The number of ether oxygens (including phenoxy) is 1. The number of ketones is 1. The van der Waals surface area contributed by atoms with Gasteiger partial charge < -0.3 is 4.74 Å². The van der Waals surface area contributed by atoms with Crippen molar-refractivity contribution in [1.29, 1.82) is 0 Å². The van der Waals surface area contributed by atoms with Gasteiger partial charge in [-0.05, 0) is 12.5 Å². The van der Waals surface area contributed by atoms with Crippen LogP contribution in [0.4, 0.5) is 0 Å². The molecule has 1 aromatic rings. The van der Waals surface area contributed by atoms with E-state index in [0.29, 0.717) is 16.6 Å². The number of carbonyl (C=O) groups excluding carboxylic acids is 2. The molecule has 0 saturated carbocycles. The Morgan fingerprint density at radius 1 is 1.31 bits per heavy atom. The number of hydrogen-bond donors (Lipinski definition) is 0. The molecule has 0 radical (unpaired) electrons. The Morgan fingerprint density at radius 3 is 2.62 bits per heavy atom. The first kappa shape index (κ1) is 12.9. The highest BCUT2D eigenvalue weighted by Gasteiger charge is 2.14. The molecule has 0 fully saturated rings. The minimum absolute atomic E-state index is 0.206. The van der Waals surface area contributed by atoms with E-state index in [1.54, 1.807) is 18.2 Å². The molecule has 1 aromatic carbocycles. The minimum Gasteiger partial charge on any atom is -0.465 e. The molecule has 0 amide bonds. The molecule has 0 bridgehead atoms. The molecule has 4 heteroatoms. The second-order valence-electron chi connectivity index (χ2n) is 3.30. The van der Waals surface area contributed by atoms with Gasteiger partial charge in [-0.25, -0.2) is 0 Å². The van der Waals surface area contributed by atoms with Crippen LogP contribution in [0.3, 0.4) is 0 Å². The van der Waals surface area contributed by atoms with Crippen molar-refractivity contribution in [3.8, 4) is 0 Å². The highest BCUT2D eigenvalue weighted by molar-refractivity contribution is 9.10. The fourth-order valence-corrected chi connectivity index (χ4v) is 1.69. The average molecular weight is 285 g/mol. The van der Waals surface area contributed by atoms with E-state index in [9.17, 15) is 9.59 Å². The Balaban J connectivity index is 2.59. The van der Waals surface area contributed by atoms with Crippen molar-refractivity contribution < 1.29 is 14.3 Å². The van der Waals surface area contributed by atoms with Gasteiger partial charge in [0.05, 0.1) is 6.61 Å². The molecule has 0 aromatic heterocycles. The normalized spacial score (nSPS) is 9.88. The van der Waals surface area contributed by atoms with Gasteiger partial charge in [0.25, 0.3) is 0 Å². The van der Waals surface area contributed by atoms with Crippen LogP contribution in [0.1, 0.15) is 30.1 Å². The van der Waals surface area contributed by atoms with Gasteiger partial charge in [-0.15, -0.1) is 0 Å². The van der Waals surface area contributed by atoms with Crippen LogP contribution in [0.5, 0.6) is 0 Å². The first-order valence-corrected chi connectivity index (χ1v) is 5.87. The molecular formula is C12H13BrO3. The Kier molecular flexibility index (Phi) is 5.19. The SMILES string of the molecule is CCCOC(=O)CC(=O)c1ccccc1Br. The summed E-state index contributed by atoms with van der Waals surface area (Å²) in [6, 6.07) is 7.02. The highest BCUT2D eigenvalue weighted by atomic mass is 79.9. The number of halogens is 1. The summed E-state index contributed by atoms with van der Waals surface area (Å²) in [6.07, 6.45) is 0.553. The second-order valence-corrected chi connectivity index (χ2v) is 4.15. The summed E-state index contributed by atoms with van der Waals surface area (Å²) in [4.78, 5) is 22.9. The van der Waals surface area contributed by atoms with Crippen LogP contribution in [-0.4, -0.2) is 18.4 Å². The van der Waals surface area contributed by atoms with E-state index in [2.05, 4.69) is 15.9 Å². The van der Waals surface area contributed by atoms with Gasteiger partial charge in [-0.2, -0.15) is 0 Å². The molecule has 0 atom stereocenters. The Labute approximate surface area is 103 Å². The molecule has 0 N–H and O–H groups in total. The largest absolute Gasteiger partial charge is 0.465 e. The van der Waals surface area contributed by atoms with Crippen LogP contribution in [0.2, 0.25) is 0 Å². The molecular weight excluding hydrogens is 272 g/mol. The number of hydrogen-bond acceptors (Lipinski definition) is 3. The molecule has 1 rings (SSSR count). The average Bonchev–Trinajstić information content (AvgIpc) is 2.26. The fourth-order valence-electron chi connectivity index (χ4n) is 1.18. The van der Waals surface area contributed by atoms with Gasteiger partial charge in [0.1, 0.15) is 6.42 Å². The summed E-state index contributed by atoms with van der Waals surface area (Å²) in [7, 11) is 0. The van der Waals surface area contributed by atoms with Crippen molar-refractivity contribution >= 4 is 27.7 Å². The summed E-state index contributed by atoms with van der Waals surface area (Å²) in [6.45, 7) is 2.27. The lowest BCUT2D eigenvalue weighted by Crippen LogP contribution is -2.12. The topological polar surface area (TPSA) is 43.4 Å². The Bertz CT molecular complexity index is 388. The third kappa shape index (κ3) is 3.77. The molecule has 3 nitrogen and oxygen atoms in total. The lowest BCUT2D eigenvalue weighted by Gasteiger charge is -2.04. The first-order chi connectivity index (χ1) is 7.65. The van der Waals surface area contributed by atoms with Crippen molar-refractivity contribution in [2.45, 2.75) is 19.8 Å². The van der Waals surface area contributed by atoms with Gasteiger partial charge in [-0.1, -0.05) is 41.1 Å². The van der Waals surface area contributed by atoms with E-state index < -0.39 is 5.97 Å². The predicted octanol–water partition coefficient (Wildman–Crippen LogP) is 2.98. The van der Waals surface area contributed by atoms with Crippen molar-refractivity contribution in [3.05, 3.63) is 34.3 Å². The van der Waals surface area contributed by atoms with E-state index in [1.807, 2.05) is 13.0 Å². The van der Waals surface area contributed by atoms with Crippen molar-refractivity contribution in [1.82, 2.24) is 0 Å². The summed E-state index contributed by atoms with van der Waals surface area (Å²) in [5.74, 6) is -0.698. The molecule has 0 saturated heterocycles. The summed E-state index contributed by atoms with van der Waals surface area (Å²) >= 11 is 3.27. The van der Waals surface area contributed by atoms with Crippen molar-refractivity contribution in [2.75, 3.05) is 6.61 Å². The van der Waals surface area contributed by atoms with Gasteiger partial charge in [0, 0.05) is 10.0 Å². The maximum atomic E-state index is 11.7. The third-order valence-electron chi connectivity index (χ3n) is 1.95. The zero-order valence-corrected chi connectivity index (χ0v) is 10.6. The maximum absolute atomic E-state index is 11.7. The quantitative estimate of drug-likeness (QED) is 0.474. The number of benzene rings is 1. The number of Topliss-reactive ketones (excluding diaryl/α,β-unsaturated/α-hetero) is 1. The van der Waals surface area contributed by atoms with E-state index in [1.165, 1.54) is 0 Å². The van der Waals surface area contributed by atoms with Crippen LogP contribution >= 0.6 is 15.9 Å². The summed E-state index contributed by atoms with van der Waals surface area (Å²) in [5.41, 5.74) is 0.510. The molecule has 86 valence electrons. The van der Waals surface area contributed by atoms with Gasteiger partial charge >= 0.3 is 5.97 Å². The Morgan fingerprint density at radius 2 is 2.00 bits per heavy atom. The zero-order chi connectivity index (χ0) is 12.0. The summed E-state index contributed by atoms with van der Waals surface area (Å²) in [5, 5.41) is 0. The van der Waals surface area contributed by atoms with Gasteiger partial charge in [0.2, 0.25) is 0 Å². The predicted molar refractivity (Wildman–Crippen MR) is 64.3 cm³/mol. The monoisotopic (exact) mass is 284 g/mol. The highest BCUT2D eigenvalue weighted by Crippen LogP contribution is 2.17. The molecule has 0 heterocycles. The third-order valence-corrected chi connectivity index (χ3v) is 2.64. The molecule has 0 spiro atoms. The van der Waals surface area contributed by atoms with Crippen LogP contribution < -0.4 is 0 Å². The van der Waals surface area contributed by atoms with Crippen molar-refractivity contribution in [3.63, 3.8) is 0 Å². The van der Waals surface area contributed by atoms with Crippen LogP contribution in [0, 0.1) is 0 Å². The standard InChI is InChI=1S/C12H13BrO3/c1-2-7-16-12(15)8-11(14)9-5-3-4-6-10(9)13/h3-6H,2,7-8H2,1H3. The van der Waals surface area contributed by atoms with Crippen LogP contribution in [-0.2, 0) is 9.53 Å². The van der Waals surface area contributed by atoms with Crippen LogP contribution in [0.15, 0.2) is 28.7 Å². The maximum Gasteiger partial charge on any atom is 0.313 e. The number of rotatable bonds is 5. The van der Waals surface area contributed by atoms with Gasteiger partial charge in [0.15, 0.2) is 5.78 Å². The molecule has 16 heavy (non-hydrogen) atoms. The Hall–Kier alpha value is -1.16. The minimum atomic E-state index is -0.470. The fraction of sp³-hybridized carbons (Fsp3) is 0.333. The lowest BCUT2D eigenvalue weighted by molar-refractivity contribution is -0.142. The summed E-state index contributed by atoms with van der Waals surface area (Å²) < 4.78 is 5.55. The van der Waals surface area contributed by atoms with Gasteiger partial charge in [-0.3, -0.25) is 9.59 Å². The lowest BCUT2D eigenvalue weighted by atomic mass is 10.1. The van der Waals surface area contributed by atoms with E-state index in [0.717, 1.165) is 6.42 Å². The first-order valence-electron chi connectivity index (χ1n) is 5.08. The van der Waals surface area contributed by atoms with E-state index in [4.69, 9.17) is 4.74 Å². The smallest absolute Gasteiger partial charge is 0.313 e.